The van der Waals surface area contributed by atoms with Crippen LogP contribution in [0.1, 0.15) is 45.4 Å². The van der Waals surface area contributed by atoms with Crippen LogP contribution in [0.4, 0.5) is 0 Å². The predicted molar refractivity (Wildman–Crippen MR) is 55.2 cm³/mol. The summed E-state index contributed by atoms with van der Waals surface area (Å²) in [7, 11) is 0. The molecule has 1 radical (unpaired) electrons. The molecule has 0 N–H and O–H groups in total. The van der Waals surface area contributed by atoms with E-state index in [-0.39, 0.29) is 0 Å². The van der Waals surface area contributed by atoms with E-state index < -0.39 is 0 Å². The zero-order valence-electron chi connectivity index (χ0n) is 8.42. The van der Waals surface area contributed by atoms with E-state index in [1.807, 2.05) is 6.20 Å². The fraction of sp³-hybridized carbons (Fsp3) is 0.667. The summed E-state index contributed by atoms with van der Waals surface area (Å²) < 4.78 is 0. The Morgan fingerprint density at radius 1 is 1.15 bits per heavy atom. The lowest BCUT2D eigenvalue weighted by atomic mass is 9.79. The third kappa shape index (κ3) is 1.79. The van der Waals surface area contributed by atoms with Crippen molar-refractivity contribution in [3.8, 4) is 0 Å². The number of hydrogen-bond donors (Lipinski definition) is 0. The minimum atomic E-state index is 0.375. The Hall–Kier alpha value is -0.720. The van der Waals surface area contributed by atoms with Crippen molar-refractivity contribution in [2.24, 2.45) is 5.41 Å². The highest BCUT2D eigenvalue weighted by Gasteiger charge is 2.30. The van der Waals surface area contributed by atoms with Crippen LogP contribution in [0.15, 0.2) is 24.0 Å². The van der Waals surface area contributed by atoms with Crippen LogP contribution in [-0.2, 0) is 0 Å². The maximum Gasteiger partial charge on any atom is 0.0463 e. The number of allylic oxidation sites excluding steroid dienone is 3. The lowest BCUT2D eigenvalue weighted by Crippen LogP contribution is -2.21. The van der Waals surface area contributed by atoms with Gasteiger partial charge in [0, 0.05) is 17.3 Å². The van der Waals surface area contributed by atoms with Gasteiger partial charge < -0.3 is 0 Å². The minimum absolute atomic E-state index is 0.375. The van der Waals surface area contributed by atoms with Crippen LogP contribution in [0.2, 0.25) is 0 Å². The Bertz CT molecular complexity index is 230. The molecule has 71 valence electrons. The standard InChI is InChI=1S/C12H18N/c1-12(11-7-6-10-13-11)8-4-2-3-5-9-12/h6-7,10H,2-5,8-9H2,1H3. The zero-order valence-corrected chi connectivity index (χ0v) is 8.42. The second-order valence-corrected chi connectivity index (χ2v) is 4.50. The van der Waals surface area contributed by atoms with Crippen molar-refractivity contribution >= 4 is 0 Å². The third-order valence-electron chi connectivity index (χ3n) is 3.38. The molecule has 0 amide bonds. The minimum Gasteiger partial charge on any atom is -0.261 e. The van der Waals surface area contributed by atoms with Crippen molar-refractivity contribution in [2.75, 3.05) is 0 Å². The summed E-state index contributed by atoms with van der Waals surface area (Å²) in [6.07, 6.45) is 14.4. The van der Waals surface area contributed by atoms with Gasteiger partial charge in [0.15, 0.2) is 0 Å². The monoisotopic (exact) mass is 176 g/mol. The first-order valence-electron chi connectivity index (χ1n) is 5.39. The summed E-state index contributed by atoms with van der Waals surface area (Å²) in [4.78, 5) is 0. The summed E-state index contributed by atoms with van der Waals surface area (Å²) in [5, 5.41) is 4.45. The molecule has 0 aromatic carbocycles. The second kappa shape index (κ2) is 3.57. The van der Waals surface area contributed by atoms with Gasteiger partial charge in [-0.25, -0.2) is 0 Å². The summed E-state index contributed by atoms with van der Waals surface area (Å²) in [6, 6.07) is 0. The molecule has 1 heterocycles. The molecule has 0 atom stereocenters. The first-order valence-corrected chi connectivity index (χ1v) is 5.39. The quantitative estimate of drug-likeness (QED) is 0.544. The number of nitrogens with zero attached hydrogens (tertiary/aromatic N) is 1. The smallest absolute Gasteiger partial charge is 0.0463 e. The SMILES string of the molecule is CC1(C2=CC=C[N]2)CCCCCC1. The van der Waals surface area contributed by atoms with Crippen LogP contribution in [-0.4, -0.2) is 0 Å². The van der Waals surface area contributed by atoms with Gasteiger partial charge in [0.05, 0.1) is 0 Å². The topological polar surface area (TPSA) is 14.1 Å². The van der Waals surface area contributed by atoms with Crippen LogP contribution in [0, 0.1) is 5.41 Å². The molecule has 0 saturated heterocycles. The Balaban J connectivity index is 2.08. The lowest BCUT2D eigenvalue weighted by molar-refractivity contribution is 0.329. The Morgan fingerprint density at radius 3 is 2.38 bits per heavy atom. The largest absolute Gasteiger partial charge is 0.261 e. The summed E-state index contributed by atoms with van der Waals surface area (Å²) in [6.45, 7) is 2.38. The van der Waals surface area contributed by atoms with Crippen LogP contribution in [0.3, 0.4) is 0 Å². The predicted octanol–water partition coefficient (Wildman–Crippen LogP) is 3.36. The van der Waals surface area contributed by atoms with E-state index in [1.165, 1.54) is 44.2 Å². The summed E-state index contributed by atoms with van der Waals surface area (Å²) in [5.74, 6) is 0. The third-order valence-corrected chi connectivity index (χ3v) is 3.38. The molecule has 1 aliphatic heterocycles. The van der Waals surface area contributed by atoms with Gasteiger partial charge in [-0.05, 0) is 25.0 Å². The molecule has 0 aromatic rings. The normalized spacial score (nSPS) is 26.4. The zero-order chi connectivity index (χ0) is 9.15. The van der Waals surface area contributed by atoms with Crippen molar-refractivity contribution in [1.29, 1.82) is 0 Å². The van der Waals surface area contributed by atoms with E-state index in [2.05, 4.69) is 24.4 Å². The maximum atomic E-state index is 4.45. The van der Waals surface area contributed by atoms with E-state index >= 15 is 0 Å². The van der Waals surface area contributed by atoms with Gasteiger partial charge in [-0.3, -0.25) is 5.32 Å². The highest BCUT2D eigenvalue weighted by atomic mass is 14.9. The second-order valence-electron chi connectivity index (χ2n) is 4.50. The Morgan fingerprint density at radius 2 is 1.85 bits per heavy atom. The van der Waals surface area contributed by atoms with Crippen LogP contribution >= 0.6 is 0 Å². The molecule has 1 saturated carbocycles. The van der Waals surface area contributed by atoms with Crippen LogP contribution in [0.5, 0.6) is 0 Å². The van der Waals surface area contributed by atoms with Gasteiger partial charge >= 0.3 is 0 Å². The summed E-state index contributed by atoms with van der Waals surface area (Å²) >= 11 is 0. The van der Waals surface area contributed by atoms with E-state index in [0.29, 0.717) is 5.41 Å². The van der Waals surface area contributed by atoms with Crippen LogP contribution < -0.4 is 5.32 Å². The van der Waals surface area contributed by atoms with Crippen molar-refractivity contribution in [3.05, 3.63) is 24.0 Å². The van der Waals surface area contributed by atoms with Gasteiger partial charge in [-0.1, -0.05) is 32.6 Å². The molecule has 0 aromatic heterocycles. The first-order chi connectivity index (χ1) is 6.31. The fourth-order valence-electron chi connectivity index (χ4n) is 2.42. The molecule has 1 fully saturated rings. The molecule has 2 aliphatic rings. The van der Waals surface area contributed by atoms with Crippen LogP contribution in [0.25, 0.3) is 0 Å². The average Bonchev–Trinajstić information content (AvgIpc) is 2.57. The molecular formula is C12H18N. The van der Waals surface area contributed by atoms with Gasteiger partial charge in [0.2, 0.25) is 0 Å². The number of rotatable bonds is 1. The molecule has 1 aliphatic carbocycles. The van der Waals surface area contributed by atoms with E-state index in [9.17, 15) is 0 Å². The highest BCUT2D eigenvalue weighted by molar-refractivity contribution is 5.25. The first kappa shape index (κ1) is 8.86. The molecule has 1 nitrogen and oxygen atoms in total. The average molecular weight is 176 g/mol. The fourth-order valence-corrected chi connectivity index (χ4v) is 2.42. The molecule has 1 heteroatoms. The molecule has 2 rings (SSSR count). The molecule has 0 unspecified atom stereocenters. The van der Waals surface area contributed by atoms with E-state index in [4.69, 9.17) is 0 Å². The molecule has 13 heavy (non-hydrogen) atoms. The highest BCUT2D eigenvalue weighted by Crippen LogP contribution is 2.40. The van der Waals surface area contributed by atoms with Crippen molar-refractivity contribution in [2.45, 2.75) is 45.4 Å². The number of hydrogen-bond acceptors (Lipinski definition) is 0. The van der Waals surface area contributed by atoms with E-state index in [1.54, 1.807) is 0 Å². The van der Waals surface area contributed by atoms with Crippen molar-refractivity contribution in [3.63, 3.8) is 0 Å². The lowest BCUT2D eigenvalue weighted by Gasteiger charge is -2.28. The molecule has 0 spiro atoms. The van der Waals surface area contributed by atoms with Crippen molar-refractivity contribution < 1.29 is 0 Å². The van der Waals surface area contributed by atoms with Gasteiger partial charge in [-0.15, -0.1) is 0 Å². The molecule has 0 bridgehead atoms. The van der Waals surface area contributed by atoms with E-state index in [0.717, 1.165) is 0 Å². The molecular weight excluding hydrogens is 158 g/mol. The van der Waals surface area contributed by atoms with Gasteiger partial charge in [0.1, 0.15) is 0 Å². The maximum absolute atomic E-state index is 4.45. The Labute approximate surface area is 80.9 Å². The van der Waals surface area contributed by atoms with Crippen molar-refractivity contribution in [1.82, 2.24) is 5.32 Å². The van der Waals surface area contributed by atoms with Gasteiger partial charge in [-0.2, -0.15) is 0 Å². The van der Waals surface area contributed by atoms with Gasteiger partial charge in [0.25, 0.3) is 0 Å². The Kier molecular flexibility index (Phi) is 2.43. The summed E-state index contributed by atoms with van der Waals surface area (Å²) in [5.41, 5.74) is 1.69.